The first-order chi connectivity index (χ1) is 10.2. The molecule has 1 aromatic heterocycles. The number of thiophene rings is 1. The zero-order valence-corrected chi connectivity index (χ0v) is 14.3. The quantitative estimate of drug-likeness (QED) is 0.914. The molecule has 1 aliphatic carbocycles. The predicted molar refractivity (Wildman–Crippen MR) is 90.7 cm³/mol. The van der Waals surface area contributed by atoms with Crippen LogP contribution in [0.5, 0.6) is 0 Å². The minimum absolute atomic E-state index is 0. The summed E-state index contributed by atoms with van der Waals surface area (Å²) >= 11 is 1.65. The summed E-state index contributed by atoms with van der Waals surface area (Å²) in [5.74, 6) is 0.743. The molecule has 2 atom stereocenters. The Labute approximate surface area is 141 Å². The second kappa shape index (κ2) is 7.57. The smallest absolute Gasteiger partial charge is 0.223 e. The van der Waals surface area contributed by atoms with E-state index < -0.39 is 0 Å². The molecule has 4 nitrogen and oxygen atoms in total. The maximum atomic E-state index is 12.4. The molecule has 1 aromatic rings. The summed E-state index contributed by atoms with van der Waals surface area (Å²) in [7, 11) is 0. The standard InChI is InChI=1S/C16H22N2O2S.ClH/c17-6-3-11-4-7-18(10-11)15(19)9-12-1-2-14-13(16(12)20)5-8-21-14;/h5,8,11-12H,1-4,6-7,9-10,17H2;1H. The van der Waals surface area contributed by atoms with Gasteiger partial charge in [-0.15, -0.1) is 23.7 Å². The molecule has 1 amide bonds. The van der Waals surface area contributed by atoms with Crippen LogP contribution in [0, 0.1) is 11.8 Å². The Morgan fingerprint density at radius 3 is 3.00 bits per heavy atom. The lowest BCUT2D eigenvalue weighted by molar-refractivity contribution is -0.131. The van der Waals surface area contributed by atoms with Gasteiger partial charge in [-0.3, -0.25) is 9.59 Å². The van der Waals surface area contributed by atoms with Gasteiger partial charge in [0, 0.05) is 35.9 Å². The summed E-state index contributed by atoms with van der Waals surface area (Å²) in [5.41, 5.74) is 6.44. The minimum atomic E-state index is -0.117. The van der Waals surface area contributed by atoms with Gasteiger partial charge in [0.15, 0.2) is 5.78 Å². The molecule has 22 heavy (non-hydrogen) atoms. The highest BCUT2D eigenvalue weighted by atomic mass is 35.5. The Morgan fingerprint density at radius 1 is 1.41 bits per heavy atom. The van der Waals surface area contributed by atoms with Crippen LogP contribution in [0.15, 0.2) is 11.4 Å². The zero-order chi connectivity index (χ0) is 14.8. The second-order valence-electron chi connectivity index (χ2n) is 6.13. The fourth-order valence-corrected chi connectivity index (χ4v) is 4.37. The molecule has 122 valence electrons. The summed E-state index contributed by atoms with van der Waals surface area (Å²) in [6.45, 7) is 2.34. The maximum Gasteiger partial charge on any atom is 0.223 e. The van der Waals surface area contributed by atoms with E-state index in [1.54, 1.807) is 11.3 Å². The number of nitrogens with zero attached hydrogens (tertiary/aromatic N) is 1. The van der Waals surface area contributed by atoms with Crippen molar-refractivity contribution in [2.45, 2.75) is 32.1 Å². The van der Waals surface area contributed by atoms with E-state index in [9.17, 15) is 9.59 Å². The maximum absolute atomic E-state index is 12.4. The van der Waals surface area contributed by atoms with Crippen LogP contribution in [-0.2, 0) is 11.2 Å². The van der Waals surface area contributed by atoms with E-state index in [1.165, 1.54) is 4.88 Å². The van der Waals surface area contributed by atoms with Gasteiger partial charge in [0.2, 0.25) is 5.91 Å². The van der Waals surface area contributed by atoms with E-state index in [1.807, 2.05) is 16.3 Å². The third kappa shape index (κ3) is 3.53. The third-order valence-electron chi connectivity index (χ3n) is 4.74. The van der Waals surface area contributed by atoms with Crippen molar-refractivity contribution in [1.29, 1.82) is 0 Å². The highest BCUT2D eigenvalue weighted by molar-refractivity contribution is 7.10. The zero-order valence-electron chi connectivity index (χ0n) is 12.6. The van der Waals surface area contributed by atoms with Crippen LogP contribution < -0.4 is 5.73 Å². The first kappa shape index (κ1) is 17.4. The topological polar surface area (TPSA) is 63.4 Å². The number of ketones is 1. The molecule has 0 spiro atoms. The van der Waals surface area contributed by atoms with Crippen LogP contribution in [-0.4, -0.2) is 36.2 Å². The van der Waals surface area contributed by atoms with Crippen LogP contribution in [0.2, 0.25) is 0 Å². The van der Waals surface area contributed by atoms with E-state index in [0.717, 1.165) is 44.3 Å². The molecule has 0 bridgehead atoms. The number of Topliss-reactive ketones (excluding diaryl/α,β-unsaturated/α-hetero) is 1. The molecular weight excluding hydrogens is 320 g/mol. The van der Waals surface area contributed by atoms with E-state index in [4.69, 9.17) is 5.73 Å². The van der Waals surface area contributed by atoms with Gasteiger partial charge in [-0.05, 0) is 49.6 Å². The number of nitrogens with two attached hydrogens (primary N) is 1. The van der Waals surface area contributed by atoms with Gasteiger partial charge in [0.25, 0.3) is 0 Å². The Balaban J connectivity index is 0.00000176. The number of rotatable bonds is 4. The molecule has 2 N–H and O–H groups in total. The molecule has 1 saturated heterocycles. The lowest BCUT2D eigenvalue weighted by Crippen LogP contribution is -2.33. The van der Waals surface area contributed by atoms with Crippen LogP contribution >= 0.6 is 23.7 Å². The number of carbonyl (C=O) groups excluding carboxylic acids is 2. The molecule has 2 aliphatic rings. The number of likely N-dealkylation sites (tertiary alicyclic amines) is 1. The number of hydrogen-bond acceptors (Lipinski definition) is 4. The molecular formula is C16H23ClN2O2S. The van der Waals surface area contributed by atoms with Crippen molar-refractivity contribution < 1.29 is 9.59 Å². The summed E-state index contributed by atoms with van der Waals surface area (Å²) in [6.07, 6.45) is 4.18. The highest BCUT2D eigenvalue weighted by Gasteiger charge is 2.33. The summed E-state index contributed by atoms with van der Waals surface area (Å²) in [5, 5.41) is 1.98. The number of fused-ring (bicyclic) bond motifs is 1. The highest BCUT2D eigenvalue weighted by Crippen LogP contribution is 2.32. The SMILES string of the molecule is Cl.NCCC1CCN(C(=O)CC2CCc3sccc3C2=O)C1. The lowest BCUT2D eigenvalue weighted by Gasteiger charge is -2.23. The molecule has 1 fully saturated rings. The number of aryl methyl sites for hydroxylation is 1. The molecule has 2 heterocycles. The molecule has 0 aromatic carbocycles. The van der Waals surface area contributed by atoms with Crippen molar-refractivity contribution in [3.63, 3.8) is 0 Å². The lowest BCUT2D eigenvalue weighted by atomic mass is 9.85. The summed E-state index contributed by atoms with van der Waals surface area (Å²) in [4.78, 5) is 27.9. The summed E-state index contributed by atoms with van der Waals surface area (Å²) in [6, 6.07) is 1.91. The van der Waals surface area contributed by atoms with Crippen LogP contribution in [0.25, 0.3) is 0 Å². The largest absolute Gasteiger partial charge is 0.342 e. The molecule has 0 saturated carbocycles. The first-order valence-corrected chi connectivity index (χ1v) is 8.65. The Kier molecular flexibility index (Phi) is 6.01. The predicted octanol–water partition coefficient (Wildman–Crippen LogP) is 2.50. The number of carbonyl (C=O) groups is 2. The van der Waals surface area contributed by atoms with E-state index in [-0.39, 0.29) is 30.0 Å². The Bertz CT molecular complexity index is 546. The number of amides is 1. The number of hydrogen-bond donors (Lipinski definition) is 1. The average Bonchev–Trinajstić information content (AvgIpc) is 3.11. The van der Waals surface area contributed by atoms with Gasteiger partial charge in [0.05, 0.1) is 0 Å². The van der Waals surface area contributed by atoms with E-state index >= 15 is 0 Å². The van der Waals surface area contributed by atoms with Gasteiger partial charge >= 0.3 is 0 Å². The Morgan fingerprint density at radius 2 is 2.23 bits per heavy atom. The second-order valence-corrected chi connectivity index (χ2v) is 7.13. The van der Waals surface area contributed by atoms with Crippen molar-refractivity contribution in [2.24, 2.45) is 17.6 Å². The van der Waals surface area contributed by atoms with Crippen LogP contribution in [0.3, 0.4) is 0 Å². The normalized spacial score (nSPS) is 24.0. The molecule has 3 rings (SSSR count). The van der Waals surface area contributed by atoms with Crippen molar-refractivity contribution in [1.82, 2.24) is 4.90 Å². The van der Waals surface area contributed by atoms with Crippen molar-refractivity contribution in [2.75, 3.05) is 19.6 Å². The molecule has 1 aliphatic heterocycles. The third-order valence-corrected chi connectivity index (χ3v) is 5.72. The Hall–Kier alpha value is -0.910. The van der Waals surface area contributed by atoms with Gasteiger partial charge in [0.1, 0.15) is 0 Å². The molecule has 6 heteroatoms. The first-order valence-electron chi connectivity index (χ1n) is 7.77. The van der Waals surface area contributed by atoms with Gasteiger partial charge in [-0.25, -0.2) is 0 Å². The molecule has 0 radical (unpaired) electrons. The van der Waals surface area contributed by atoms with Crippen molar-refractivity contribution in [3.8, 4) is 0 Å². The fraction of sp³-hybridized carbons (Fsp3) is 0.625. The minimum Gasteiger partial charge on any atom is -0.342 e. The van der Waals surface area contributed by atoms with Crippen molar-refractivity contribution >= 4 is 35.4 Å². The van der Waals surface area contributed by atoms with E-state index in [2.05, 4.69) is 0 Å². The van der Waals surface area contributed by atoms with Crippen LogP contribution in [0.4, 0.5) is 0 Å². The number of halogens is 1. The monoisotopic (exact) mass is 342 g/mol. The van der Waals surface area contributed by atoms with E-state index in [0.29, 0.717) is 18.9 Å². The summed E-state index contributed by atoms with van der Waals surface area (Å²) < 4.78 is 0. The van der Waals surface area contributed by atoms with Gasteiger partial charge in [-0.1, -0.05) is 0 Å². The van der Waals surface area contributed by atoms with Gasteiger partial charge < -0.3 is 10.6 Å². The fourth-order valence-electron chi connectivity index (χ4n) is 3.48. The average molecular weight is 343 g/mol. The van der Waals surface area contributed by atoms with Crippen molar-refractivity contribution in [3.05, 3.63) is 21.9 Å². The van der Waals surface area contributed by atoms with Gasteiger partial charge in [-0.2, -0.15) is 0 Å². The van der Waals surface area contributed by atoms with Crippen LogP contribution in [0.1, 0.15) is 40.9 Å². The molecule has 2 unspecified atom stereocenters.